The van der Waals surface area contributed by atoms with Crippen molar-refractivity contribution in [3.63, 3.8) is 0 Å². The third kappa shape index (κ3) is 2.78. The van der Waals surface area contributed by atoms with Gasteiger partial charge in [0.05, 0.1) is 0 Å². The molecule has 0 aliphatic carbocycles. The van der Waals surface area contributed by atoms with Crippen LogP contribution in [-0.2, 0) is 0 Å². The maximum atomic E-state index is 4.58. The molecule has 3 aromatic rings. The molecule has 0 radical (unpaired) electrons. The predicted molar refractivity (Wildman–Crippen MR) is 83.8 cm³/mol. The van der Waals surface area contributed by atoms with E-state index in [1.54, 1.807) is 21.8 Å². The quantitative estimate of drug-likeness (QED) is 0.673. The van der Waals surface area contributed by atoms with Crippen LogP contribution in [0.5, 0.6) is 0 Å². The van der Waals surface area contributed by atoms with Gasteiger partial charge in [-0.05, 0) is 19.2 Å². The monoisotopic (exact) mass is 311 g/mol. The molecule has 0 saturated carbocycles. The van der Waals surface area contributed by atoms with Crippen LogP contribution in [0.2, 0.25) is 0 Å². The normalized spacial score (nSPS) is 16.0. The van der Waals surface area contributed by atoms with Crippen molar-refractivity contribution in [2.75, 3.05) is 38.1 Å². The zero-order valence-corrected chi connectivity index (χ0v) is 12.8. The van der Waals surface area contributed by atoms with Gasteiger partial charge in [0.15, 0.2) is 0 Å². The Kier molecular flexibility index (Phi) is 3.46. The van der Waals surface area contributed by atoms with E-state index >= 15 is 0 Å². The van der Waals surface area contributed by atoms with Crippen molar-refractivity contribution in [2.24, 2.45) is 0 Å². The van der Waals surface area contributed by atoms with E-state index in [2.05, 4.69) is 42.0 Å². The first-order valence-electron chi connectivity index (χ1n) is 7.49. The first kappa shape index (κ1) is 13.8. The molecule has 9 heteroatoms. The van der Waals surface area contributed by atoms with Crippen molar-refractivity contribution in [1.29, 1.82) is 0 Å². The largest absolute Gasteiger partial charge is 0.338 e. The molecule has 9 nitrogen and oxygen atoms in total. The molecule has 0 unspecified atom stereocenters. The first-order chi connectivity index (χ1) is 11.3. The number of hydrogen-bond donors (Lipinski definition) is 0. The van der Waals surface area contributed by atoms with Gasteiger partial charge in [-0.15, -0.1) is 0 Å². The number of likely N-dealkylation sites (N-methyl/N-ethyl adjacent to an activating group) is 1. The summed E-state index contributed by atoms with van der Waals surface area (Å²) >= 11 is 0. The second-order valence-electron chi connectivity index (χ2n) is 5.43. The topological polar surface area (TPSA) is 80.8 Å². The molecular formula is C14H17N9. The van der Waals surface area contributed by atoms with Crippen LogP contribution in [0.25, 0.3) is 11.9 Å². The predicted octanol–water partition coefficient (Wildman–Crippen LogP) is -0.00520. The van der Waals surface area contributed by atoms with Crippen LogP contribution in [0.3, 0.4) is 0 Å². The van der Waals surface area contributed by atoms with Crippen molar-refractivity contribution < 1.29 is 0 Å². The zero-order chi connectivity index (χ0) is 15.6. The van der Waals surface area contributed by atoms with Crippen LogP contribution in [0.1, 0.15) is 0 Å². The van der Waals surface area contributed by atoms with Crippen LogP contribution in [0.15, 0.2) is 36.9 Å². The molecule has 23 heavy (non-hydrogen) atoms. The van der Waals surface area contributed by atoms with Gasteiger partial charge in [0.1, 0.15) is 0 Å². The molecule has 0 aromatic carbocycles. The van der Waals surface area contributed by atoms with E-state index in [4.69, 9.17) is 0 Å². The van der Waals surface area contributed by atoms with Crippen LogP contribution in [-0.4, -0.2) is 72.6 Å². The van der Waals surface area contributed by atoms with Crippen LogP contribution in [0, 0.1) is 0 Å². The van der Waals surface area contributed by atoms with Gasteiger partial charge in [0.2, 0.25) is 5.95 Å². The summed E-state index contributed by atoms with van der Waals surface area (Å²) in [5, 5.41) is 8.43. The molecule has 0 spiro atoms. The standard InChI is InChI=1S/C14H17N9/c1-20-8-10-21(11-9-20)12-17-13(22-6-2-4-15-22)19-14(18-12)23-7-3-5-16-23/h2-7H,8-11H2,1H3. The summed E-state index contributed by atoms with van der Waals surface area (Å²) in [4.78, 5) is 18.1. The second kappa shape index (κ2) is 5.76. The van der Waals surface area contributed by atoms with Crippen LogP contribution >= 0.6 is 0 Å². The number of rotatable bonds is 3. The van der Waals surface area contributed by atoms with E-state index in [0.29, 0.717) is 17.8 Å². The molecule has 1 aliphatic rings. The Morgan fingerprint density at radius 3 is 1.74 bits per heavy atom. The van der Waals surface area contributed by atoms with Crippen molar-refractivity contribution >= 4 is 5.95 Å². The van der Waals surface area contributed by atoms with E-state index in [0.717, 1.165) is 26.2 Å². The highest BCUT2D eigenvalue weighted by molar-refractivity contribution is 5.36. The fourth-order valence-electron chi connectivity index (χ4n) is 2.47. The lowest BCUT2D eigenvalue weighted by Crippen LogP contribution is -2.45. The molecule has 0 N–H and O–H groups in total. The summed E-state index contributed by atoms with van der Waals surface area (Å²) < 4.78 is 3.27. The van der Waals surface area contributed by atoms with Gasteiger partial charge >= 0.3 is 0 Å². The summed E-state index contributed by atoms with van der Waals surface area (Å²) in [5.74, 6) is 1.64. The molecule has 0 amide bonds. The van der Waals surface area contributed by atoms with Crippen molar-refractivity contribution in [3.05, 3.63) is 36.9 Å². The Labute approximate surface area is 133 Å². The number of anilines is 1. The smallest absolute Gasteiger partial charge is 0.257 e. The van der Waals surface area contributed by atoms with E-state index in [1.165, 1.54) is 0 Å². The van der Waals surface area contributed by atoms with Gasteiger partial charge in [-0.3, -0.25) is 0 Å². The molecule has 0 atom stereocenters. The molecule has 1 fully saturated rings. The van der Waals surface area contributed by atoms with Gasteiger partial charge in [0, 0.05) is 51.0 Å². The highest BCUT2D eigenvalue weighted by Crippen LogP contribution is 2.14. The first-order valence-corrected chi connectivity index (χ1v) is 7.49. The molecule has 3 aromatic heterocycles. The summed E-state index contributed by atoms with van der Waals surface area (Å²) in [5.41, 5.74) is 0. The number of hydrogen-bond acceptors (Lipinski definition) is 7. The molecule has 118 valence electrons. The Bertz CT molecular complexity index is 705. The summed E-state index contributed by atoms with van der Waals surface area (Å²) in [7, 11) is 2.12. The Hall–Kier alpha value is -2.81. The Balaban J connectivity index is 1.76. The van der Waals surface area contributed by atoms with E-state index in [-0.39, 0.29) is 0 Å². The highest BCUT2D eigenvalue weighted by Gasteiger charge is 2.19. The lowest BCUT2D eigenvalue weighted by Gasteiger charge is -2.32. The Morgan fingerprint density at radius 2 is 1.26 bits per heavy atom. The maximum Gasteiger partial charge on any atom is 0.257 e. The molecule has 1 saturated heterocycles. The SMILES string of the molecule is CN1CCN(c2nc(-n3cccn3)nc(-n3cccn3)n2)CC1. The van der Waals surface area contributed by atoms with Crippen molar-refractivity contribution in [2.45, 2.75) is 0 Å². The highest BCUT2D eigenvalue weighted by atomic mass is 15.4. The fourth-order valence-corrected chi connectivity index (χ4v) is 2.47. The zero-order valence-electron chi connectivity index (χ0n) is 12.8. The second-order valence-corrected chi connectivity index (χ2v) is 5.43. The molecule has 4 heterocycles. The lowest BCUT2D eigenvalue weighted by molar-refractivity contribution is 0.311. The van der Waals surface area contributed by atoms with Crippen LogP contribution in [0.4, 0.5) is 5.95 Å². The minimum absolute atomic E-state index is 0.490. The number of nitrogens with zero attached hydrogens (tertiary/aromatic N) is 9. The van der Waals surface area contributed by atoms with Gasteiger partial charge in [-0.25, -0.2) is 9.36 Å². The average molecular weight is 311 g/mol. The Morgan fingerprint density at radius 1 is 0.739 bits per heavy atom. The molecule has 4 rings (SSSR count). The van der Waals surface area contributed by atoms with E-state index in [9.17, 15) is 0 Å². The molecule has 0 bridgehead atoms. The maximum absolute atomic E-state index is 4.58. The average Bonchev–Trinajstić information content (AvgIpc) is 3.29. The molecule has 1 aliphatic heterocycles. The van der Waals surface area contributed by atoms with Gasteiger partial charge in [-0.2, -0.15) is 25.1 Å². The van der Waals surface area contributed by atoms with Crippen LogP contribution < -0.4 is 4.90 Å². The minimum Gasteiger partial charge on any atom is -0.338 e. The lowest BCUT2D eigenvalue weighted by atomic mass is 10.3. The third-order valence-corrected chi connectivity index (χ3v) is 3.80. The number of piperazine rings is 1. The number of aromatic nitrogens is 7. The van der Waals surface area contributed by atoms with Crippen molar-refractivity contribution in [3.8, 4) is 11.9 Å². The van der Waals surface area contributed by atoms with E-state index < -0.39 is 0 Å². The molecular weight excluding hydrogens is 294 g/mol. The summed E-state index contributed by atoms with van der Waals surface area (Å²) in [6, 6.07) is 3.68. The van der Waals surface area contributed by atoms with Gasteiger partial charge < -0.3 is 9.80 Å². The van der Waals surface area contributed by atoms with Crippen molar-refractivity contribution in [1.82, 2.24) is 39.4 Å². The van der Waals surface area contributed by atoms with E-state index in [1.807, 2.05) is 24.5 Å². The third-order valence-electron chi connectivity index (χ3n) is 3.80. The fraction of sp³-hybridized carbons (Fsp3) is 0.357. The minimum atomic E-state index is 0.490. The summed E-state index contributed by atoms with van der Waals surface area (Å²) in [6.07, 6.45) is 7.03. The van der Waals surface area contributed by atoms with Gasteiger partial charge in [0.25, 0.3) is 11.9 Å². The van der Waals surface area contributed by atoms with Gasteiger partial charge in [-0.1, -0.05) is 0 Å². The summed E-state index contributed by atoms with van der Waals surface area (Å²) in [6.45, 7) is 3.75.